The largest absolute Gasteiger partial charge is 0.390 e. The molecule has 0 aromatic carbocycles. The second-order valence-corrected chi connectivity index (χ2v) is 3.13. The molecule has 2 N–H and O–H groups in total. The van der Waals surface area contributed by atoms with Crippen LogP contribution in [0.5, 0.6) is 0 Å². The molecule has 1 aliphatic carbocycles. The molecule has 0 saturated heterocycles. The highest BCUT2D eigenvalue weighted by Gasteiger charge is 2.33. The molecule has 1 rings (SSSR count). The van der Waals surface area contributed by atoms with Crippen LogP contribution >= 0.6 is 0 Å². The fourth-order valence-corrected chi connectivity index (χ4v) is 1.21. The third-order valence-electron chi connectivity index (χ3n) is 2.34. The lowest BCUT2D eigenvalue weighted by Crippen LogP contribution is -2.42. The van der Waals surface area contributed by atoms with Crippen LogP contribution < -0.4 is 0 Å². The molecule has 2 nitrogen and oxygen atoms in total. The van der Waals surface area contributed by atoms with Crippen molar-refractivity contribution in [1.29, 1.82) is 0 Å². The minimum Gasteiger partial charge on any atom is -0.390 e. The highest BCUT2D eigenvalue weighted by molar-refractivity contribution is 5.18. The highest BCUT2D eigenvalue weighted by Crippen LogP contribution is 2.28. The molecular formula is C8H14O2. The molecule has 0 fully saturated rings. The van der Waals surface area contributed by atoms with Gasteiger partial charge in [0.1, 0.15) is 5.60 Å². The molecule has 58 valence electrons. The molecule has 10 heavy (non-hydrogen) atoms. The van der Waals surface area contributed by atoms with E-state index in [0.717, 1.165) is 12.0 Å². The second kappa shape index (κ2) is 2.36. The monoisotopic (exact) mass is 142 g/mol. The van der Waals surface area contributed by atoms with Crippen LogP contribution in [-0.2, 0) is 0 Å². The van der Waals surface area contributed by atoms with Crippen LogP contribution in [-0.4, -0.2) is 21.9 Å². The lowest BCUT2D eigenvalue weighted by Gasteiger charge is -2.33. The molecule has 0 spiro atoms. The van der Waals surface area contributed by atoms with Crippen molar-refractivity contribution in [3.63, 3.8) is 0 Å². The van der Waals surface area contributed by atoms with Crippen molar-refractivity contribution in [3.8, 4) is 0 Å². The third-order valence-corrected chi connectivity index (χ3v) is 2.34. The zero-order chi connectivity index (χ0) is 7.78. The molecular weight excluding hydrogens is 128 g/mol. The van der Waals surface area contributed by atoms with Crippen LogP contribution in [0.3, 0.4) is 0 Å². The summed E-state index contributed by atoms with van der Waals surface area (Å²) in [6.07, 6.45) is 2.94. The van der Waals surface area contributed by atoms with E-state index in [1.165, 1.54) is 0 Å². The first-order valence-electron chi connectivity index (χ1n) is 3.63. The molecule has 2 atom stereocenters. The average molecular weight is 142 g/mol. The van der Waals surface area contributed by atoms with E-state index in [4.69, 9.17) is 0 Å². The highest BCUT2D eigenvalue weighted by atomic mass is 16.3. The fourth-order valence-electron chi connectivity index (χ4n) is 1.21. The van der Waals surface area contributed by atoms with Crippen LogP contribution in [0.2, 0.25) is 0 Å². The third kappa shape index (κ3) is 1.09. The van der Waals surface area contributed by atoms with Gasteiger partial charge in [-0.15, -0.1) is 0 Å². The van der Waals surface area contributed by atoms with Gasteiger partial charge in [0.15, 0.2) is 0 Å². The number of aliphatic hydroxyl groups excluding tert-OH is 1. The van der Waals surface area contributed by atoms with Gasteiger partial charge in [0.25, 0.3) is 0 Å². The van der Waals surface area contributed by atoms with E-state index in [9.17, 15) is 10.2 Å². The van der Waals surface area contributed by atoms with Crippen molar-refractivity contribution in [1.82, 2.24) is 0 Å². The van der Waals surface area contributed by atoms with E-state index in [2.05, 4.69) is 0 Å². The Kier molecular flexibility index (Phi) is 1.84. The quantitative estimate of drug-likeness (QED) is 0.492. The van der Waals surface area contributed by atoms with Gasteiger partial charge in [0.2, 0.25) is 0 Å². The zero-order valence-electron chi connectivity index (χ0n) is 6.46. The first-order valence-corrected chi connectivity index (χ1v) is 3.63. The van der Waals surface area contributed by atoms with Crippen LogP contribution in [0.1, 0.15) is 26.7 Å². The van der Waals surface area contributed by atoms with Gasteiger partial charge in [0.05, 0.1) is 6.10 Å². The molecule has 2 heteroatoms. The van der Waals surface area contributed by atoms with Crippen LogP contribution in [0.25, 0.3) is 0 Å². The topological polar surface area (TPSA) is 40.5 Å². The smallest absolute Gasteiger partial charge is 0.108 e. The molecule has 0 saturated carbocycles. The number of allylic oxidation sites excluding steroid dienone is 1. The van der Waals surface area contributed by atoms with Crippen LogP contribution in [0.15, 0.2) is 11.6 Å². The average Bonchev–Trinajstić information content (AvgIpc) is 1.84. The normalized spacial score (nSPS) is 41.2. The summed E-state index contributed by atoms with van der Waals surface area (Å²) in [5.41, 5.74) is -0.107. The maximum absolute atomic E-state index is 9.59. The summed E-state index contributed by atoms with van der Waals surface area (Å²) >= 11 is 0. The summed E-state index contributed by atoms with van der Waals surface area (Å²) in [5.74, 6) is 0. The predicted molar refractivity (Wildman–Crippen MR) is 39.6 cm³/mol. The Morgan fingerprint density at radius 3 is 2.70 bits per heavy atom. The first kappa shape index (κ1) is 7.76. The SMILES string of the molecule is CC1=CCCC(O)C1(C)O. The lowest BCUT2D eigenvalue weighted by atomic mass is 9.83. The zero-order valence-corrected chi connectivity index (χ0v) is 6.46. The number of rotatable bonds is 0. The molecule has 0 heterocycles. The van der Waals surface area contributed by atoms with Gasteiger partial charge in [-0.25, -0.2) is 0 Å². The van der Waals surface area contributed by atoms with Gasteiger partial charge in [-0.2, -0.15) is 0 Å². The van der Waals surface area contributed by atoms with Crippen LogP contribution in [0.4, 0.5) is 0 Å². The Bertz CT molecular complexity index is 159. The molecule has 0 amide bonds. The summed E-state index contributed by atoms with van der Waals surface area (Å²) in [6, 6.07) is 0. The van der Waals surface area contributed by atoms with Crippen LogP contribution in [0, 0.1) is 0 Å². The summed E-state index contributed by atoms with van der Waals surface area (Å²) in [5, 5.41) is 18.9. The summed E-state index contributed by atoms with van der Waals surface area (Å²) < 4.78 is 0. The summed E-state index contributed by atoms with van der Waals surface area (Å²) in [7, 11) is 0. The van der Waals surface area contributed by atoms with Gasteiger partial charge in [-0.3, -0.25) is 0 Å². The van der Waals surface area contributed by atoms with E-state index in [-0.39, 0.29) is 0 Å². The van der Waals surface area contributed by atoms with Crippen molar-refractivity contribution in [2.75, 3.05) is 0 Å². The van der Waals surface area contributed by atoms with Gasteiger partial charge in [-0.05, 0) is 32.3 Å². The maximum atomic E-state index is 9.59. The Morgan fingerprint density at radius 1 is 1.70 bits per heavy atom. The minimum atomic E-state index is -0.988. The van der Waals surface area contributed by atoms with Gasteiger partial charge in [0, 0.05) is 0 Å². The van der Waals surface area contributed by atoms with E-state index in [1.807, 2.05) is 13.0 Å². The van der Waals surface area contributed by atoms with E-state index < -0.39 is 11.7 Å². The Labute approximate surface area is 61.2 Å². The van der Waals surface area contributed by atoms with Crippen molar-refractivity contribution < 1.29 is 10.2 Å². The van der Waals surface area contributed by atoms with Crippen molar-refractivity contribution >= 4 is 0 Å². The molecule has 0 aromatic heterocycles. The summed E-state index contributed by atoms with van der Waals surface area (Å²) in [6.45, 7) is 3.50. The van der Waals surface area contributed by atoms with Gasteiger partial charge < -0.3 is 10.2 Å². The maximum Gasteiger partial charge on any atom is 0.108 e. The minimum absolute atomic E-state index is 0.586. The Morgan fingerprint density at radius 2 is 2.30 bits per heavy atom. The van der Waals surface area contributed by atoms with E-state index in [1.54, 1.807) is 6.92 Å². The second-order valence-electron chi connectivity index (χ2n) is 3.13. The summed E-state index contributed by atoms with van der Waals surface area (Å²) in [4.78, 5) is 0. The fraction of sp³-hybridized carbons (Fsp3) is 0.750. The Hall–Kier alpha value is -0.340. The lowest BCUT2D eigenvalue weighted by molar-refractivity contribution is -0.0430. The number of aliphatic hydroxyl groups is 2. The molecule has 0 radical (unpaired) electrons. The van der Waals surface area contributed by atoms with Crippen molar-refractivity contribution in [3.05, 3.63) is 11.6 Å². The van der Waals surface area contributed by atoms with Gasteiger partial charge in [-0.1, -0.05) is 6.08 Å². The molecule has 2 unspecified atom stereocenters. The van der Waals surface area contributed by atoms with Gasteiger partial charge >= 0.3 is 0 Å². The molecule has 0 aromatic rings. The molecule has 1 aliphatic rings. The first-order chi connectivity index (χ1) is 4.55. The van der Waals surface area contributed by atoms with E-state index >= 15 is 0 Å². The van der Waals surface area contributed by atoms with E-state index in [0.29, 0.717) is 6.42 Å². The standard InChI is InChI=1S/C8H14O2/c1-6-4-3-5-7(9)8(6,2)10/h4,7,9-10H,3,5H2,1-2H3. The Balaban J connectivity index is 2.84. The molecule has 0 bridgehead atoms. The number of hydrogen-bond donors (Lipinski definition) is 2. The predicted octanol–water partition coefficient (Wildman–Crippen LogP) is 0.838. The number of hydrogen-bond acceptors (Lipinski definition) is 2. The van der Waals surface area contributed by atoms with Crippen molar-refractivity contribution in [2.45, 2.75) is 38.4 Å². The van der Waals surface area contributed by atoms with Crippen molar-refractivity contribution in [2.24, 2.45) is 0 Å². The molecule has 0 aliphatic heterocycles.